The number of benzene rings is 1. The first kappa shape index (κ1) is 34.4. The van der Waals surface area contributed by atoms with Gasteiger partial charge in [0.1, 0.15) is 22.8 Å². The van der Waals surface area contributed by atoms with Gasteiger partial charge in [0.25, 0.3) is 0 Å². The standard InChI is InChI=1S/C29H47NO8S/c1-20-14-13-16-22(18-20)39(34,35)17-12-11-15-21(24(31)36-27(2,3)4)19-23(25(32)37-28(5,6)7)30-26(33)38-29(8,9)10/h13-14,16,18,21,23H,11-12,15,17,19H2,1-10H3,(H,30,33). The predicted molar refractivity (Wildman–Crippen MR) is 150 cm³/mol. The molecule has 0 aliphatic rings. The van der Waals surface area contributed by atoms with E-state index in [1.54, 1.807) is 80.5 Å². The van der Waals surface area contributed by atoms with Crippen LogP contribution < -0.4 is 5.32 Å². The lowest BCUT2D eigenvalue weighted by molar-refractivity contribution is -0.163. The number of unbranched alkanes of at least 4 members (excludes halogenated alkanes) is 1. The van der Waals surface area contributed by atoms with Crippen LogP contribution in [0.5, 0.6) is 0 Å². The second kappa shape index (κ2) is 13.6. The Hall–Kier alpha value is -2.62. The SMILES string of the molecule is Cc1cccc(S(=O)(=O)CCCCC(CC(NC(=O)OC(C)(C)C)C(=O)OC(C)(C)C)C(=O)OC(C)(C)C)c1. The Bertz CT molecular complexity index is 1090. The first-order valence-electron chi connectivity index (χ1n) is 13.3. The molecule has 0 aliphatic carbocycles. The summed E-state index contributed by atoms with van der Waals surface area (Å²) in [6, 6.07) is 5.56. The molecular weight excluding hydrogens is 522 g/mol. The van der Waals surface area contributed by atoms with Crippen LogP contribution in [0.3, 0.4) is 0 Å². The van der Waals surface area contributed by atoms with Crippen LogP contribution in [0.15, 0.2) is 29.2 Å². The molecule has 222 valence electrons. The van der Waals surface area contributed by atoms with Crippen LogP contribution in [-0.4, -0.2) is 55.0 Å². The zero-order valence-electron chi connectivity index (χ0n) is 25.2. The number of nitrogens with one attached hydrogen (secondary N) is 1. The number of hydrogen-bond donors (Lipinski definition) is 1. The van der Waals surface area contributed by atoms with E-state index in [1.807, 2.05) is 13.0 Å². The zero-order chi connectivity index (χ0) is 30.2. The van der Waals surface area contributed by atoms with Crippen LogP contribution in [0.2, 0.25) is 0 Å². The maximum absolute atomic E-state index is 13.1. The van der Waals surface area contributed by atoms with Crippen molar-refractivity contribution in [2.45, 2.75) is 123 Å². The fourth-order valence-corrected chi connectivity index (χ4v) is 5.12. The molecule has 0 fully saturated rings. The van der Waals surface area contributed by atoms with E-state index in [0.717, 1.165) is 5.56 Å². The van der Waals surface area contributed by atoms with E-state index in [1.165, 1.54) is 0 Å². The topological polar surface area (TPSA) is 125 Å². The molecule has 9 nitrogen and oxygen atoms in total. The average Bonchev–Trinajstić information content (AvgIpc) is 2.71. The Morgan fingerprint density at radius 2 is 1.36 bits per heavy atom. The smallest absolute Gasteiger partial charge is 0.408 e. The highest BCUT2D eigenvalue weighted by Crippen LogP contribution is 2.24. The average molecular weight is 570 g/mol. The molecule has 0 aliphatic heterocycles. The quantitative estimate of drug-likeness (QED) is 0.210. The molecular formula is C29H47NO8S. The first-order valence-corrected chi connectivity index (χ1v) is 15.0. The van der Waals surface area contributed by atoms with Gasteiger partial charge in [-0.05, 0) is 106 Å². The highest BCUT2D eigenvalue weighted by molar-refractivity contribution is 7.91. The number of carbonyl (C=O) groups excluding carboxylic acids is 3. The van der Waals surface area contributed by atoms with Crippen molar-refractivity contribution in [2.75, 3.05) is 5.75 Å². The summed E-state index contributed by atoms with van der Waals surface area (Å²) in [5.74, 6) is -2.12. The lowest BCUT2D eigenvalue weighted by atomic mass is 9.93. The molecule has 2 unspecified atom stereocenters. The minimum absolute atomic E-state index is 0.0802. The van der Waals surface area contributed by atoms with Crippen molar-refractivity contribution >= 4 is 27.9 Å². The Kier molecular flexibility index (Phi) is 12.0. The van der Waals surface area contributed by atoms with E-state index in [4.69, 9.17) is 14.2 Å². The molecule has 0 saturated heterocycles. The fourth-order valence-electron chi connectivity index (χ4n) is 3.65. The Morgan fingerprint density at radius 3 is 1.87 bits per heavy atom. The van der Waals surface area contributed by atoms with Gasteiger partial charge in [-0.1, -0.05) is 18.6 Å². The number of esters is 2. The minimum atomic E-state index is -3.48. The van der Waals surface area contributed by atoms with Gasteiger partial charge in [-0.25, -0.2) is 18.0 Å². The van der Waals surface area contributed by atoms with Crippen molar-refractivity contribution in [3.63, 3.8) is 0 Å². The molecule has 1 N–H and O–H groups in total. The predicted octanol–water partition coefficient (Wildman–Crippen LogP) is 5.52. The van der Waals surface area contributed by atoms with Crippen LogP contribution >= 0.6 is 0 Å². The van der Waals surface area contributed by atoms with Gasteiger partial charge >= 0.3 is 18.0 Å². The van der Waals surface area contributed by atoms with Crippen LogP contribution in [0.4, 0.5) is 4.79 Å². The third kappa shape index (κ3) is 14.4. The molecule has 10 heteroatoms. The summed E-state index contributed by atoms with van der Waals surface area (Å²) in [7, 11) is -3.48. The van der Waals surface area contributed by atoms with Gasteiger partial charge in [-0.2, -0.15) is 0 Å². The summed E-state index contributed by atoms with van der Waals surface area (Å²) in [5, 5.41) is 2.55. The summed E-state index contributed by atoms with van der Waals surface area (Å²) in [4.78, 5) is 38.9. The number of carbonyl (C=O) groups is 3. The lowest BCUT2D eigenvalue weighted by Gasteiger charge is -2.29. The third-order valence-corrected chi connectivity index (χ3v) is 7.01. The van der Waals surface area contributed by atoms with Gasteiger partial charge in [-0.3, -0.25) is 4.79 Å². The molecule has 1 rings (SSSR count). The number of sulfone groups is 1. The molecule has 39 heavy (non-hydrogen) atoms. The highest BCUT2D eigenvalue weighted by Gasteiger charge is 2.35. The molecule has 2 atom stereocenters. The molecule has 0 radical (unpaired) electrons. The first-order chi connectivity index (χ1) is 17.6. The van der Waals surface area contributed by atoms with Crippen molar-refractivity contribution in [1.82, 2.24) is 5.32 Å². The fraction of sp³-hybridized carbons (Fsp3) is 0.690. The van der Waals surface area contributed by atoms with Crippen LogP contribution in [0.25, 0.3) is 0 Å². The number of rotatable bonds is 11. The van der Waals surface area contributed by atoms with Crippen molar-refractivity contribution < 1.29 is 37.0 Å². The van der Waals surface area contributed by atoms with Crippen LogP contribution in [0.1, 0.15) is 93.6 Å². The molecule has 1 aromatic carbocycles. The van der Waals surface area contributed by atoms with Gasteiger partial charge in [0, 0.05) is 0 Å². The van der Waals surface area contributed by atoms with E-state index in [-0.39, 0.29) is 23.5 Å². The van der Waals surface area contributed by atoms with Crippen LogP contribution in [-0.2, 0) is 33.6 Å². The van der Waals surface area contributed by atoms with Gasteiger partial charge in [0.05, 0.1) is 16.6 Å². The van der Waals surface area contributed by atoms with Crippen molar-refractivity contribution in [3.8, 4) is 0 Å². The number of ether oxygens (including phenoxy) is 3. The Balaban J connectivity index is 3.07. The number of alkyl carbamates (subject to hydrolysis) is 1. The van der Waals surface area contributed by atoms with E-state index >= 15 is 0 Å². The third-order valence-electron chi connectivity index (χ3n) is 5.21. The molecule has 1 aromatic rings. The Morgan fingerprint density at radius 1 is 0.821 bits per heavy atom. The normalized spacial score (nSPS) is 14.2. The molecule has 0 saturated carbocycles. The minimum Gasteiger partial charge on any atom is -0.460 e. The second-order valence-electron chi connectivity index (χ2n) is 12.8. The molecule has 0 bridgehead atoms. The van der Waals surface area contributed by atoms with Crippen LogP contribution in [0, 0.1) is 12.8 Å². The van der Waals surface area contributed by atoms with E-state index < -0.39 is 56.6 Å². The largest absolute Gasteiger partial charge is 0.460 e. The van der Waals surface area contributed by atoms with E-state index in [0.29, 0.717) is 12.8 Å². The maximum atomic E-state index is 13.1. The van der Waals surface area contributed by atoms with Crippen molar-refractivity contribution in [1.29, 1.82) is 0 Å². The number of aryl methyl sites for hydroxylation is 1. The summed E-state index contributed by atoms with van der Waals surface area (Å²) >= 11 is 0. The number of hydrogen-bond acceptors (Lipinski definition) is 8. The molecule has 1 amide bonds. The second-order valence-corrected chi connectivity index (χ2v) is 14.9. The van der Waals surface area contributed by atoms with Gasteiger partial charge < -0.3 is 19.5 Å². The number of amides is 1. The highest BCUT2D eigenvalue weighted by atomic mass is 32.2. The molecule has 0 heterocycles. The Labute approximate surface area is 234 Å². The summed E-state index contributed by atoms with van der Waals surface area (Å²) < 4.78 is 42.0. The molecule has 0 spiro atoms. The monoisotopic (exact) mass is 569 g/mol. The van der Waals surface area contributed by atoms with Gasteiger partial charge in [-0.15, -0.1) is 0 Å². The molecule has 0 aromatic heterocycles. The van der Waals surface area contributed by atoms with Gasteiger partial charge in [0.2, 0.25) is 0 Å². The zero-order valence-corrected chi connectivity index (χ0v) is 26.0. The maximum Gasteiger partial charge on any atom is 0.408 e. The van der Waals surface area contributed by atoms with E-state index in [2.05, 4.69) is 5.32 Å². The summed E-state index contributed by atoms with van der Waals surface area (Å²) in [6.45, 7) is 17.2. The van der Waals surface area contributed by atoms with E-state index in [9.17, 15) is 22.8 Å². The van der Waals surface area contributed by atoms with Crippen molar-refractivity contribution in [3.05, 3.63) is 29.8 Å². The summed E-state index contributed by atoms with van der Waals surface area (Å²) in [5.41, 5.74) is -1.54. The summed E-state index contributed by atoms with van der Waals surface area (Å²) in [6.07, 6.45) is 0.0566. The van der Waals surface area contributed by atoms with Gasteiger partial charge in [0.15, 0.2) is 9.84 Å². The lowest BCUT2D eigenvalue weighted by Crippen LogP contribution is -2.47. The van der Waals surface area contributed by atoms with Crippen molar-refractivity contribution in [2.24, 2.45) is 5.92 Å².